The first-order valence-corrected chi connectivity index (χ1v) is 20.4. The Morgan fingerprint density at radius 3 is 1.40 bits per heavy atom. The van der Waals surface area contributed by atoms with Crippen molar-refractivity contribution in [2.24, 2.45) is 0 Å². The highest BCUT2D eigenvalue weighted by Crippen LogP contribution is 2.44. The van der Waals surface area contributed by atoms with Crippen molar-refractivity contribution in [1.29, 1.82) is 10.5 Å². The maximum Gasteiger partial charge on any atom is 0.198 e. The van der Waals surface area contributed by atoms with Crippen molar-refractivity contribution in [1.82, 2.24) is 0 Å². The molecule has 0 fully saturated rings. The SMILES string of the molecule is CC.CCc1ccc(Oc2cc(F)ccc2C#N)cc1C1=C(O)C(C)(C)OC(C)(C)C1=O.CCc1ccc(Oc2ccc(C#N)c(F)c2)cc1C1=C(O)C(C)(C)OC(C)(C)C1=O. The van der Waals surface area contributed by atoms with E-state index in [-0.39, 0.29) is 56.9 Å². The molecule has 0 aliphatic carbocycles. The Morgan fingerprint density at radius 1 is 0.581 bits per heavy atom. The molecule has 6 rings (SSSR count). The lowest BCUT2D eigenvalue weighted by molar-refractivity contribution is -0.158. The second-order valence-electron chi connectivity index (χ2n) is 16.4. The van der Waals surface area contributed by atoms with Crippen molar-refractivity contribution in [3.05, 3.63) is 129 Å². The van der Waals surface area contributed by atoms with E-state index in [4.69, 9.17) is 24.2 Å². The summed E-state index contributed by atoms with van der Waals surface area (Å²) in [4.78, 5) is 26.3. The summed E-state index contributed by atoms with van der Waals surface area (Å²) in [6.07, 6.45) is 1.25. The Morgan fingerprint density at radius 2 is 0.984 bits per heavy atom. The summed E-state index contributed by atoms with van der Waals surface area (Å²) in [6, 6.07) is 21.7. The molecule has 4 aromatic carbocycles. The highest BCUT2D eigenvalue weighted by atomic mass is 19.1. The molecule has 326 valence electrons. The van der Waals surface area contributed by atoms with E-state index >= 15 is 0 Å². The van der Waals surface area contributed by atoms with Crippen LogP contribution < -0.4 is 9.47 Å². The minimum atomic E-state index is -1.12. The van der Waals surface area contributed by atoms with Crippen LogP contribution in [-0.2, 0) is 31.9 Å². The van der Waals surface area contributed by atoms with Crippen LogP contribution in [0.15, 0.2) is 84.3 Å². The van der Waals surface area contributed by atoms with E-state index in [1.54, 1.807) is 91.8 Å². The summed E-state index contributed by atoms with van der Waals surface area (Å²) in [6.45, 7) is 21.4. The standard InChI is InChI=1S/2C24H24FNO4.C2H6/c1-6-14-8-10-17(29-19-11-16(25)9-7-15(19)13-26)12-18(14)20-21(27)23(2,3)30-24(4,5)22(20)28;1-6-14-7-9-16(29-17-10-8-15(13-26)19(25)12-17)11-18(14)20-21(27)23(2,3)30-24(4,5)22(20)28;1-2/h2*7-12,27H,6H2,1-5H3;1-2H3. The zero-order chi connectivity index (χ0) is 46.5. The van der Waals surface area contributed by atoms with Crippen molar-refractivity contribution in [2.45, 2.75) is 118 Å². The third-order valence-corrected chi connectivity index (χ3v) is 10.2. The fourth-order valence-corrected chi connectivity index (χ4v) is 7.29. The van der Waals surface area contributed by atoms with Crippen LogP contribution in [0.2, 0.25) is 0 Å². The molecular weight excluding hydrogens is 795 g/mol. The normalized spacial score (nSPS) is 17.1. The van der Waals surface area contributed by atoms with Crippen molar-refractivity contribution in [3.8, 4) is 35.1 Å². The Balaban J connectivity index is 0.000000262. The van der Waals surface area contributed by atoms with Crippen molar-refractivity contribution < 1.29 is 47.5 Å². The number of Topliss-reactive ketones (excluding diaryl/α,β-unsaturated/α-hetero) is 2. The second kappa shape index (κ2) is 18.7. The molecule has 62 heavy (non-hydrogen) atoms. The molecule has 2 heterocycles. The van der Waals surface area contributed by atoms with Gasteiger partial charge in [0.2, 0.25) is 0 Å². The number of nitriles is 2. The highest BCUT2D eigenvalue weighted by Gasteiger charge is 2.48. The lowest BCUT2D eigenvalue weighted by Gasteiger charge is -2.40. The first-order valence-electron chi connectivity index (χ1n) is 20.4. The van der Waals surface area contributed by atoms with E-state index in [1.807, 2.05) is 39.8 Å². The molecule has 2 aliphatic heterocycles. The van der Waals surface area contributed by atoms with Gasteiger partial charge in [-0.2, -0.15) is 10.5 Å². The molecule has 0 aromatic heterocycles. The van der Waals surface area contributed by atoms with Crippen LogP contribution in [0, 0.1) is 34.3 Å². The smallest absolute Gasteiger partial charge is 0.198 e. The Bertz CT molecular complexity index is 2540. The van der Waals surface area contributed by atoms with Gasteiger partial charge in [-0.25, -0.2) is 8.78 Å². The number of nitrogens with zero attached hydrogens (tertiary/aromatic N) is 2. The summed E-state index contributed by atoms with van der Waals surface area (Å²) in [5.74, 6) is -1.16. The minimum Gasteiger partial charge on any atom is -0.508 e. The van der Waals surface area contributed by atoms with Gasteiger partial charge in [0.25, 0.3) is 0 Å². The number of benzene rings is 4. The number of carbonyl (C=O) groups excluding carboxylic acids is 2. The zero-order valence-electron chi connectivity index (χ0n) is 37.3. The highest BCUT2D eigenvalue weighted by molar-refractivity contribution is 6.27. The second-order valence-corrected chi connectivity index (χ2v) is 16.4. The summed E-state index contributed by atoms with van der Waals surface area (Å²) in [5.41, 5.74) is -1.05. The number of aliphatic hydroxyl groups excluding tert-OH is 2. The number of aryl methyl sites for hydroxylation is 2. The third kappa shape index (κ3) is 10.1. The van der Waals surface area contributed by atoms with Gasteiger partial charge in [0, 0.05) is 12.1 Å². The van der Waals surface area contributed by atoms with Crippen molar-refractivity contribution >= 4 is 22.7 Å². The molecule has 12 heteroatoms. The predicted molar refractivity (Wildman–Crippen MR) is 233 cm³/mol. The van der Waals surface area contributed by atoms with Crippen LogP contribution in [-0.4, -0.2) is 44.2 Å². The van der Waals surface area contributed by atoms with Crippen molar-refractivity contribution in [2.75, 3.05) is 0 Å². The predicted octanol–water partition coefficient (Wildman–Crippen LogP) is 12.0. The Labute approximate surface area is 362 Å². The van der Waals surface area contributed by atoms with E-state index in [0.717, 1.165) is 23.3 Å². The van der Waals surface area contributed by atoms with Crippen LogP contribution in [0.3, 0.4) is 0 Å². The molecule has 0 saturated heterocycles. The monoisotopic (exact) mass is 848 g/mol. The first kappa shape index (κ1) is 48.3. The van der Waals surface area contributed by atoms with E-state index in [0.29, 0.717) is 35.5 Å². The number of hydrogen-bond acceptors (Lipinski definition) is 10. The number of aliphatic hydroxyl groups is 2. The average molecular weight is 849 g/mol. The van der Waals surface area contributed by atoms with Gasteiger partial charge in [-0.05, 0) is 139 Å². The molecule has 0 atom stereocenters. The molecule has 2 aliphatic rings. The lowest BCUT2D eigenvalue weighted by Crippen LogP contribution is -2.49. The number of rotatable bonds is 8. The van der Waals surface area contributed by atoms with Crippen LogP contribution in [0.1, 0.15) is 116 Å². The molecule has 0 unspecified atom stereocenters. The first-order chi connectivity index (χ1) is 29.0. The zero-order valence-corrected chi connectivity index (χ0v) is 37.3. The van der Waals surface area contributed by atoms with Crippen molar-refractivity contribution in [3.63, 3.8) is 0 Å². The molecule has 0 spiro atoms. The molecular formula is C50H54F2N2O8. The van der Waals surface area contributed by atoms with Gasteiger partial charge in [0.15, 0.2) is 11.6 Å². The summed E-state index contributed by atoms with van der Waals surface area (Å²) < 4.78 is 50.7. The number of carbonyl (C=O) groups is 2. The van der Waals surface area contributed by atoms with E-state index in [2.05, 4.69) is 0 Å². The minimum absolute atomic E-state index is 0.0725. The van der Waals surface area contributed by atoms with Gasteiger partial charge in [-0.1, -0.05) is 39.8 Å². The average Bonchev–Trinajstić information content (AvgIpc) is 3.20. The van der Waals surface area contributed by atoms with E-state index in [9.17, 15) is 33.8 Å². The molecule has 10 nitrogen and oxygen atoms in total. The van der Waals surface area contributed by atoms with Gasteiger partial charge in [-0.3, -0.25) is 9.59 Å². The summed E-state index contributed by atoms with van der Waals surface area (Å²) >= 11 is 0. The molecule has 2 N–H and O–H groups in total. The summed E-state index contributed by atoms with van der Waals surface area (Å²) in [7, 11) is 0. The largest absolute Gasteiger partial charge is 0.508 e. The quantitative estimate of drug-likeness (QED) is 0.175. The maximum atomic E-state index is 13.9. The van der Waals surface area contributed by atoms with E-state index < -0.39 is 34.0 Å². The van der Waals surface area contributed by atoms with Crippen LogP contribution in [0.25, 0.3) is 11.1 Å². The fraction of sp³-hybridized carbons (Fsp3) is 0.360. The van der Waals surface area contributed by atoms with E-state index in [1.165, 1.54) is 24.3 Å². The number of ether oxygens (including phenoxy) is 4. The molecule has 0 amide bonds. The van der Waals surface area contributed by atoms with Gasteiger partial charge in [0.05, 0.1) is 22.3 Å². The van der Waals surface area contributed by atoms with Gasteiger partial charge in [-0.15, -0.1) is 0 Å². The summed E-state index contributed by atoms with van der Waals surface area (Å²) in [5, 5.41) is 39.9. The Kier molecular flexibility index (Phi) is 14.6. The Hall–Kier alpha value is -6.34. The molecule has 4 aromatic rings. The number of ketones is 2. The van der Waals surface area contributed by atoms with Gasteiger partial charge in [0.1, 0.15) is 80.7 Å². The third-order valence-electron chi connectivity index (χ3n) is 10.2. The molecule has 0 bridgehead atoms. The molecule has 0 saturated carbocycles. The van der Waals surface area contributed by atoms with Crippen LogP contribution >= 0.6 is 0 Å². The maximum absolute atomic E-state index is 13.9. The van der Waals surface area contributed by atoms with Gasteiger partial charge >= 0.3 is 0 Å². The topological polar surface area (TPSA) is 159 Å². The van der Waals surface area contributed by atoms with Crippen LogP contribution in [0.5, 0.6) is 23.0 Å². The fourth-order valence-electron chi connectivity index (χ4n) is 7.29. The lowest BCUT2D eigenvalue weighted by atomic mass is 9.81. The number of halogens is 2. The van der Waals surface area contributed by atoms with Gasteiger partial charge < -0.3 is 29.2 Å². The molecule has 0 radical (unpaired) electrons. The number of hydrogen-bond donors (Lipinski definition) is 2. The van der Waals surface area contributed by atoms with Crippen LogP contribution in [0.4, 0.5) is 8.78 Å².